The van der Waals surface area contributed by atoms with Crippen molar-refractivity contribution in [2.75, 3.05) is 7.11 Å². The molecule has 0 bridgehead atoms. The third kappa shape index (κ3) is 4.63. The van der Waals surface area contributed by atoms with Crippen LogP contribution in [-0.2, 0) is 21.2 Å². The van der Waals surface area contributed by atoms with Gasteiger partial charge in [0, 0.05) is 5.92 Å². The molecule has 0 amide bonds. The Bertz CT molecular complexity index is 842. The number of nitrogens with zero attached hydrogens (tertiary/aromatic N) is 1. The first-order valence-electron chi connectivity index (χ1n) is 8.33. The number of nitriles is 1. The molecule has 138 valence electrons. The van der Waals surface area contributed by atoms with Crippen molar-refractivity contribution < 1.29 is 17.9 Å². The fraction of sp³-hybridized carbons (Fsp3) is 0.350. The largest absolute Gasteiger partial charge is 0.497 e. The number of rotatable bonds is 8. The molecule has 0 spiro atoms. The van der Waals surface area contributed by atoms with Crippen molar-refractivity contribution in [3.8, 4) is 11.8 Å². The van der Waals surface area contributed by atoms with Crippen molar-refractivity contribution in [3.63, 3.8) is 0 Å². The third-order valence-corrected chi connectivity index (χ3v) is 6.56. The first kappa shape index (κ1) is 20.0. The molecule has 0 saturated heterocycles. The van der Waals surface area contributed by atoms with Crippen LogP contribution in [0.4, 0.5) is 0 Å². The molecule has 2 aromatic rings. The summed E-state index contributed by atoms with van der Waals surface area (Å²) in [5, 5.41) is 8.32. The first-order chi connectivity index (χ1) is 12.4. The van der Waals surface area contributed by atoms with Crippen molar-refractivity contribution in [1.82, 2.24) is 0 Å². The highest BCUT2D eigenvalue weighted by Gasteiger charge is 2.35. The standard InChI is InChI=1S/C20H23NO4S/c1-15(16(2)25-14-17-9-11-18(24-3)12-10-17)20(13-21)26(22,23)19-7-5-4-6-8-19/h4-12,15-16,20H,14H2,1-3H3/t15-,16+,20?/m1/s1. The molecule has 26 heavy (non-hydrogen) atoms. The van der Waals surface area contributed by atoms with E-state index in [1.165, 1.54) is 12.1 Å². The van der Waals surface area contributed by atoms with Gasteiger partial charge >= 0.3 is 0 Å². The highest BCUT2D eigenvalue weighted by atomic mass is 32.2. The molecular weight excluding hydrogens is 350 g/mol. The maximum atomic E-state index is 12.8. The van der Waals surface area contributed by atoms with Crippen LogP contribution in [0.2, 0.25) is 0 Å². The summed E-state index contributed by atoms with van der Waals surface area (Å²) in [6.45, 7) is 3.85. The Morgan fingerprint density at radius 2 is 1.65 bits per heavy atom. The first-order valence-corrected chi connectivity index (χ1v) is 9.88. The molecule has 0 heterocycles. The van der Waals surface area contributed by atoms with Crippen LogP contribution in [0.15, 0.2) is 59.5 Å². The van der Waals surface area contributed by atoms with E-state index in [9.17, 15) is 13.7 Å². The minimum atomic E-state index is -3.74. The number of hydrogen-bond acceptors (Lipinski definition) is 5. The molecular formula is C20H23NO4S. The van der Waals surface area contributed by atoms with E-state index < -0.39 is 27.1 Å². The van der Waals surface area contributed by atoms with E-state index in [0.29, 0.717) is 6.61 Å². The summed E-state index contributed by atoms with van der Waals surface area (Å²) < 4.78 is 36.5. The summed E-state index contributed by atoms with van der Waals surface area (Å²) in [4.78, 5) is 0.153. The molecule has 0 aliphatic heterocycles. The van der Waals surface area contributed by atoms with Crippen molar-refractivity contribution in [2.45, 2.75) is 36.7 Å². The van der Waals surface area contributed by atoms with Gasteiger partial charge in [-0.25, -0.2) is 8.42 Å². The molecule has 0 aliphatic carbocycles. The topological polar surface area (TPSA) is 76.4 Å². The highest BCUT2D eigenvalue weighted by Crippen LogP contribution is 2.25. The minimum absolute atomic E-state index is 0.153. The zero-order valence-electron chi connectivity index (χ0n) is 15.1. The van der Waals surface area contributed by atoms with E-state index in [4.69, 9.17) is 9.47 Å². The van der Waals surface area contributed by atoms with Gasteiger partial charge in [0.25, 0.3) is 0 Å². The van der Waals surface area contributed by atoms with E-state index in [-0.39, 0.29) is 4.90 Å². The monoisotopic (exact) mass is 373 g/mol. The van der Waals surface area contributed by atoms with Crippen LogP contribution in [0, 0.1) is 17.2 Å². The van der Waals surface area contributed by atoms with Gasteiger partial charge in [-0.15, -0.1) is 0 Å². The van der Waals surface area contributed by atoms with Crippen LogP contribution in [0.3, 0.4) is 0 Å². The average Bonchev–Trinajstić information content (AvgIpc) is 2.67. The van der Waals surface area contributed by atoms with E-state index in [1.54, 1.807) is 39.2 Å². The minimum Gasteiger partial charge on any atom is -0.497 e. The van der Waals surface area contributed by atoms with E-state index in [0.717, 1.165) is 11.3 Å². The maximum absolute atomic E-state index is 12.8. The predicted octanol–water partition coefficient (Wildman–Crippen LogP) is 3.60. The molecule has 2 aromatic carbocycles. The van der Waals surface area contributed by atoms with Crippen molar-refractivity contribution >= 4 is 9.84 Å². The number of benzene rings is 2. The van der Waals surface area contributed by atoms with Gasteiger partial charge in [-0.05, 0) is 36.8 Å². The van der Waals surface area contributed by atoms with Crippen molar-refractivity contribution in [3.05, 3.63) is 60.2 Å². The van der Waals surface area contributed by atoms with E-state index in [1.807, 2.05) is 30.3 Å². The Labute approximate surface area is 155 Å². The van der Waals surface area contributed by atoms with Crippen LogP contribution in [0.5, 0.6) is 5.75 Å². The zero-order chi connectivity index (χ0) is 19.2. The van der Waals surface area contributed by atoms with Gasteiger partial charge in [-0.3, -0.25) is 0 Å². The normalized spacial score (nSPS) is 14.8. The summed E-state index contributed by atoms with van der Waals surface area (Å²) >= 11 is 0. The maximum Gasteiger partial charge on any atom is 0.194 e. The van der Waals surface area contributed by atoms with E-state index in [2.05, 4.69) is 0 Å². The molecule has 0 saturated carbocycles. The van der Waals surface area contributed by atoms with Crippen LogP contribution < -0.4 is 4.74 Å². The second-order valence-electron chi connectivity index (χ2n) is 6.13. The Morgan fingerprint density at radius 3 is 2.19 bits per heavy atom. The van der Waals surface area contributed by atoms with Crippen LogP contribution in [0.1, 0.15) is 19.4 Å². The number of ether oxygens (including phenoxy) is 2. The van der Waals surface area contributed by atoms with Gasteiger partial charge in [0.15, 0.2) is 15.1 Å². The highest BCUT2D eigenvalue weighted by molar-refractivity contribution is 7.92. The molecule has 2 rings (SSSR count). The van der Waals surface area contributed by atoms with Crippen LogP contribution >= 0.6 is 0 Å². The summed E-state index contributed by atoms with van der Waals surface area (Å²) in [5.74, 6) is 0.275. The van der Waals surface area contributed by atoms with E-state index >= 15 is 0 Å². The molecule has 6 heteroatoms. The SMILES string of the molecule is COc1ccc(CO[C@@H](C)[C@@H](C)C(C#N)S(=O)(=O)c2ccccc2)cc1. The molecule has 0 aromatic heterocycles. The molecule has 3 atom stereocenters. The molecule has 5 nitrogen and oxygen atoms in total. The molecule has 0 N–H and O–H groups in total. The lowest BCUT2D eigenvalue weighted by Gasteiger charge is -2.24. The summed E-state index contributed by atoms with van der Waals surface area (Å²) in [7, 11) is -2.14. The van der Waals surface area contributed by atoms with Gasteiger partial charge in [0.1, 0.15) is 5.75 Å². The summed E-state index contributed by atoms with van der Waals surface area (Å²) in [6.07, 6.45) is -0.403. The molecule has 0 radical (unpaired) electrons. The van der Waals surface area contributed by atoms with Crippen molar-refractivity contribution in [2.24, 2.45) is 5.92 Å². The summed E-state index contributed by atoms with van der Waals surface area (Å²) in [6, 6.07) is 17.5. The average molecular weight is 373 g/mol. The Morgan fingerprint density at radius 1 is 1.04 bits per heavy atom. The molecule has 1 unspecified atom stereocenters. The van der Waals surface area contributed by atoms with Gasteiger partial charge < -0.3 is 9.47 Å². The third-order valence-electron chi connectivity index (χ3n) is 4.42. The molecule has 0 aliphatic rings. The van der Waals surface area contributed by atoms with Gasteiger partial charge in [0.05, 0.1) is 30.8 Å². The Hall–Kier alpha value is -2.36. The van der Waals surface area contributed by atoms with Crippen LogP contribution in [0.25, 0.3) is 0 Å². The fourth-order valence-electron chi connectivity index (χ4n) is 2.57. The quantitative estimate of drug-likeness (QED) is 0.706. The zero-order valence-corrected chi connectivity index (χ0v) is 15.9. The lowest BCUT2D eigenvalue weighted by Crippen LogP contribution is -2.34. The van der Waals surface area contributed by atoms with Gasteiger partial charge in [0.2, 0.25) is 0 Å². The van der Waals surface area contributed by atoms with Gasteiger partial charge in [-0.1, -0.05) is 37.3 Å². The Balaban J connectivity index is 2.07. The molecule has 0 fully saturated rings. The fourth-order valence-corrected chi connectivity index (χ4v) is 4.33. The van der Waals surface area contributed by atoms with Crippen LogP contribution in [-0.4, -0.2) is 26.9 Å². The number of methoxy groups -OCH3 is 1. The second kappa shape index (κ2) is 8.84. The van der Waals surface area contributed by atoms with Gasteiger partial charge in [-0.2, -0.15) is 5.26 Å². The number of sulfone groups is 1. The second-order valence-corrected chi connectivity index (χ2v) is 8.20. The lowest BCUT2D eigenvalue weighted by atomic mass is 10.0. The smallest absolute Gasteiger partial charge is 0.194 e. The summed E-state index contributed by atoms with van der Waals surface area (Å²) in [5.41, 5.74) is 0.948. The Kier molecular flexibility index (Phi) is 6.78. The van der Waals surface area contributed by atoms with Crippen molar-refractivity contribution in [1.29, 1.82) is 5.26 Å². The predicted molar refractivity (Wildman–Crippen MR) is 99.4 cm³/mol. The number of hydrogen-bond donors (Lipinski definition) is 0. The lowest BCUT2D eigenvalue weighted by molar-refractivity contribution is 0.0204.